The summed E-state index contributed by atoms with van der Waals surface area (Å²) in [5, 5.41) is 13.1. The fraction of sp³-hybridized carbons (Fsp3) is 0.750. The third-order valence-electron chi connectivity index (χ3n) is 3.86. The summed E-state index contributed by atoms with van der Waals surface area (Å²) in [6.45, 7) is 2.92. The topological polar surface area (TPSA) is 62.5 Å². The monoisotopic (exact) mass is 282 g/mol. The molecule has 2 aliphatic rings. The van der Waals surface area contributed by atoms with Crippen molar-refractivity contribution in [1.82, 2.24) is 4.98 Å². The Morgan fingerprint density at radius 2 is 2.00 bits per heavy atom. The van der Waals surface area contributed by atoms with Crippen LogP contribution in [-0.4, -0.2) is 35.7 Å². The van der Waals surface area contributed by atoms with Crippen LogP contribution in [0.15, 0.2) is 6.20 Å². The number of hydrogen-bond acceptors (Lipinski definition) is 6. The SMILES string of the molecule is O=[N+]([O-])C1CCCCN1c1ncc(N2CCCC2)s1. The number of nitrogens with zero attached hydrogens (tertiary/aromatic N) is 4. The van der Waals surface area contributed by atoms with Gasteiger partial charge in [-0.25, -0.2) is 4.98 Å². The summed E-state index contributed by atoms with van der Waals surface area (Å²) in [6.07, 6.45) is 6.33. The molecule has 1 aromatic rings. The molecule has 1 aromatic heterocycles. The van der Waals surface area contributed by atoms with Crippen molar-refractivity contribution in [2.24, 2.45) is 0 Å². The van der Waals surface area contributed by atoms with Gasteiger partial charge in [0, 0.05) is 31.0 Å². The summed E-state index contributed by atoms with van der Waals surface area (Å²) < 4.78 is 0. The van der Waals surface area contributed by atoms with Gasteiger partial charge in [0.25, 0.3) is 6.17 Å². The minimum absolute atomic E-state index is 0.171. The molecule has 0 amide bonds. The van der Waals surface area contributed by atoms with Gasteiger partial charge in [-0.1, -0.05) is 11.3 Å². The Labute approximate surface area is 116 Å². The highest BCUT2D eigenvalue weighted by molar-refractivity contribution is 7.19. The summed E-state index contributed by atoms with van der Waals surface area (Å²) in [5.41, 5.74) is 0. The highest BCUT2D eigenvalue weighted by Crippen LogP contribution is 2.34. The number of nitro groups is 1. The Morgan fingerprint density at radius 1 is 1.26 bits per heavy atom. The van der Waals surface area contributed by atoms with Crippen LogP contribution in [0, 0.1) is 10.1 Å². The fourth-order valence-corrected chi connectivity index (χ4v) is 3.87. The third kappa shape index (κ3) is 2.51. The molecule has 3 rings (SSSR count). The maximum Gasteiger partial charge on any atom is 0.288 e. The molecule has 1 atom stereocenters. The first-order valence-corrected chi connectivity index (χ1v) is 7.68. The molecule has 2 aliphatic heterocycles. The van der Waals surface area contributed by atoms with Crippen LogP contribution in [0.1, 0.15) is 32.1 Å². The molecular weight excluding hydrogens is 264 g/mol. The molecule has 0 aliphatic carbocycles. The molecule has 104 valence electrons. The molecule has 0 radical (unpaired) electrons. The molecule has 3 heterocycles. The standard InChI is InChI=1S/C12H18N4O2S/c17-16(18)10-5-1-2-8-15(10)12-13-9-11(19-12)14-6-3-4-7-14/h9-10H,1-8H2. The Morgan fingerprint density at radius 3 is 2.74 bits per heavy atom. The van der Waals surface area contributed by atoms with Crippen molar-refractivity contribution in [3.05, 3.63) is 16.3 Å². The van der Waals surface area contributed by atoms with Crippen LogP contribution in [0.3, 0.4) is 0 Å². The molecule has 0 spiro atoms. The van der Waals surface area contributed by atoms with E-state index in [2.05, 4.69) is 9.88 Å². The smallest absolute Gasteiger partial charge is 0.288 e. The number of hydrogen-bond donors (Lipinski definition) is 0. The Hall–Kier alpha value is -1.37. The Bertz CT molecular complexity index is 458. The third-order valence-corrected chi connectivity index (χ3v) is 4.95. The summed E-state index contributed by atoms with van der Waals surface area (Å²) in [6, 6.07) is 0. The average Bonchev–Trinajstić information content (AvgIpc) is 3.09. The molecule has 7 heteroatoms. The van der Waals surface area contributed by atoms with Gasteiger partial charge in [-0.15, -0.1) is 0 Å². The minimum atomic E-state index is -0.591. The van der Waals surface area contributed by atoms with Crippen molar-refractivity contribution in [1.29, 1.82) is 0 Å². The van der Waals surface area contributed by atoms with E-state index in [9.17, 15) is 10.1 Å². The minimum Gasteiger partial charge on any atom is -0.362 e. The lowest BCUT2D eigenvalue weighted by atomic mass is 10.1. The number of rotatable bonds is 3. The number of anilines is 2. The highest BCUT2D eigenvalue weighted by atomic mass is 32.1. The summed E-state index contributed by atoms with van der Waals surface area (Å²) in [4.78, 5) is 19.6. The number of aromatic nitrogens is 1. The molecular formula is C12H18N4O2S. The van der Waals surface area contributed by atoms with Crippen LogP contribution in [0.25, 0.3) is 0 Å². The van der Waals surface area contributed by atoms with E-state index in [-0.39, 0.29) is 4.92 Å². The zero-order valence-electron chi connectivity index (χ0n) is 10.8. The lowest BCUT2D eigenvalue weighted by molar-refractivity contribution is -0.524. The zero-order chi connectivity index (χ0) is 13.2. The maximum absolute atomic E-state index is 11.1. The van der Waals surface area contributed by atoms with Crippen LogP contribution in [0.2, 0.25) is 0 Å². The maximum atomic E-state index is 11.1. The van der Waals surface area contributed by atoms with E-state index in [0.29, 0.717) is 6.42 Å². The Balaban J connectivity index is 1.78. The Kier molecular flexibility index (Phi) is 3.54. The van der Waals surface area contributed by atoms with Gasteiger partial charge >= 0.3 is 0 Å². The predicted octanol–water partition coefficient (Wildman–Crippen LogP) is 2.34. The molecule has 19 heavy (non-hydrogen) atoms. The van der Waals surface area contributed by atoms with Crippen LogP contribution in [0.5, 0.6) is 0 Å². The van der Waals surface area contributed by atoms with E-state index in [0.717, 1.165) is 42.6 Å². The second-order valence-electron chi connectivity index (χ2n) is 5.13. The largest absolute Gasteiger partial charge is 0.362 e. The van der Waals surface area contributed by atoms with Gasteiger partial charge in [-0.2, -0.15) is 0 Å². The zero-order valence-corrected chi connectivity index (χ0v) is 11.6. The van der Waals surface area contributed by atoms with Gasteiger partial charge in [0.15, 0.2) is 5.13 Å². The van der Waals surface area contributed by atoms with E-state index in [4.69, 9.17) is 0 Å². The predicted molar refractivity (Wildman–Crippen MR) is 75.5 cm³/mol. The van der Waals surface area contributed by atoms with Gasteiger partial charge in [0.2, 0.25) is 0 Å². The van der Waals surface area contributed by atoms with E-state index in [1.165, 1.54) is 12.8 Å². The summed E-state index contributed by atoms with van der Waals surface area (Å²) in [5.74, 6) is 0. The second-order valence-corrected chi connectivity index (χ2v) is 6.12. The molecule has 1 unspecified atom stereocenters. The van der Waals surface area contributed by atoms with Crippen molar-refractivity contribution in [3.63, 3.8) is 0 Å². The van der Waals surface area contributed by atoms with Gasteiger partial charge in [0.05, 0.1) is 6.20 Å². The van der Waals surface area contributed by atoms with Gasteiger partial charge in [-0.05, 0) is 25.7 Å². The van der Waals surface area contributed by atoms with Crippen LogP contribution >= 0.6 is 11.3 Å². The highest BCUT2D eigenvalue weighted by Gasteiger charge is 2.33. The first-order valence-electron chi connectivity index (χ1n) is 6.86. The molecule has 2 fully saturated rings. The van der Waals surface area contributed by atoms with Crippen LogP contribution in [-0.2, 0) is 0 Å². The quantitative estimate of drug-likeness (QED) is 0.629. The van der Waals surface area contributed by atoms with Crippen molar-refractivity contribution in [2.75, 3.05) is 29.4 Å². The van der Waals surface area contributed by atoms with Gasteiger partial charge in [-0.3, -0.25) is 15.0 Å². The lowest BCUT2D eigenvalue weighted by Crippen LogP contribution is -2.44. The second kappa shape index (κ2) is 5.32. The van der Waals surface area contributed by atoms with Gasteiger partial charge < -0.3 is 4.90 Å². The van der Waals surface area contributed by atoms with Crippen molar-refractivity contribution < 1.29 is 4.92 Å². The summed E-state index contributed by atoms with van der Waals surface area (Å²) in [7, 11) is 0. The normalized spacial score (nSPS) is 23.9. The lowest BCUT2D eigenvalue weighted by Gasteiger charge is -2.29. The van der Waals surface area contributed by atoms with Gasteiger partial charge in [0.1, 0.15) is 5.00 Å². The van der Waals surface area contributed by atoms with Crippen molar-refractivity contribution in [3.8, 4) is 0 Å². The van der Waals surface area contributed by atoms with E-state index in [1.807, 2.05) is 11.1 Å². The molecule has 0 saturated carbocycles. The van der Waals surface area contributed by atoms with Crippen molar-refractivity contribution >= 4 is 21.5 Å². The van der Waals surface area contributed by atoms with E-state index in [1.54, 1.807) is 11.3 Å². The van der Waals surface area contributed by atoms with Crippen LogP contribution < -0.4 is 9.80 Å². The van der Waals surface area contributed by atoms with E-state index < -0.39 is 6.17 Å². The molecule has 0 N–H and O–H groups in total. The molecule has 2 saturated heterocycles. The van der Waals surface area contributed by atoms with E-state index >= 15 is 0 Å². The molecule has 0 bridgehead atoms. The first kappa shape index (κ1) is 12.7. The van der Waals surface area contributed by atoms with Crippen molar-refractivity contribution in [2.45, 2.75) is 38.3 Å². The number of thiazole rings is 1. The molecule has 6 nitrogen and oxygen atoms in total. The summed E-state index contributed by atoms with van der Waals surface area (Å²) >= 11 is 1.59. The molecule has 0 aromatic carbocycles. The van der Waals surface area contributed by atoms with Crippen LogP contribution in [0.4, 0.5) is 10.1 Å². The number of piperidine rings is 1. The fourth-order valence-electron chi connectivity index (χ4n) is 2.83. The first-order chi connectivity index (χ1) is 9.25. The average molecular weight is 282 g/mol.